The Morgan fingerprint density at radius 1 is 1.03 bits per heavy atom. The van der Waals surface area contributed by atoms with Crippen LogP contribution in [-0.2, 0) is 13.1 Å². The number of nitrogens with zero attached hydrogens (tertiary/aromatic N) is 5. The van der Waals surface area contributed by atoms with Crippen LogP contribution < -0.4 is 4.90 Å². The highest BCUT2D eigenvalue weighted by molar-refractivity contribution is 5.56. The molecule has 0 spiro atoms. The van der Waals surface area contributed by atoms with E-state index in [4.69, 9.17) is 5.10 Å². The predicted molar refractivity (Wildman–Crippen MR) is 128 cm³/mol. The van der Waals surface area contributed by atoms with E-state index in [1.54, 1.807) is 18.2 Å². The van der Waals surface area contributed by atoms with Gasteiger partial charge in [0.2, 0.25) is 0 Å². The zero-order valence-corrected chi connectivity index (χ0v) is 19.4. The van der Waals surface area contributed by atoms with Crippen LogP contribution in [0.2, 0.25) is 0 Å². The van der Waals surface area contributed by atoms with E-state index in [0.717, 1.165) is 62.0 Å². The average Bonchev–Trinajstić information content (AvgIpc) is 3.59. The Bertz CT molecular complexity index is 1100. The van der Waals surface area contributed by atoms with Crippen LogP contribution in [0.25, 0.3) is 5.69 Å². The quantitative estimate of drug-likeness (QED) is 0.592. The van der Waals surface area contributed by atoms with Crippen LogP contribution >= 0.6 is 0 Å². The van der Waals surface area contributed by atoms with Crippen molar-refractivity contribution in [2.24, 2.45) is 0 Å². The van der Waals surface area contributed by atoms with E-state index >= 15 is 0 Å². The van der Waals surface area contributed by atoms with Gasteiger partial charge in [0.15, 0.2) is 0 Å². The van der Waals surface area contributed by atoms with Crippen LogP contribution in [0.1, 0.15) is 29.7 Å². The molecule has 0 radical (unpaired) electrons. The van der Waals surface area contributed by atoms with Crippen LogP contribution in [0.5, 0.6) is 5.75 Å². The molecule has 0 bridgehead atoms. The molecule has 2 aromatic carbocycles. The number of phenolic OH excluding ortho intramolecular Hbond substituents is 1. The molecule has 1 saturated carbocycles. The Morgan fingerprint density at radius 3 is 2.42 bits per heavy atom. The van der Waals surface area contributed by atoms with Gasteiger partial charge in [-0.1, -0.05) is 12.1 Å². The molecule has 5 rings (SSSR count). The van der Waals surface area contributed by atoms with Crippen molar-refractivity contribution in [3.63, 3.8) is 0 Å². The van der Waals surface area contributed by atoms with Gasteiger partial charge in [-0.2, -0.15) is 5.10 Å². The van der Waals surface area contributed by atoms with Crippen LogP contribution in [0.3, 0.4) is 0 Å². The molecule has 1 aliphatic carbocycles. The second kappa shape index (κ2) is 9.15. The maximum absolute atomic E-state index is 13.6. The van der Waals surface area contributed by atoms with Crippen LogP contribution in [0.15, 0.2) is 48.5 Å². The number of benzene rings is 2. The first-order chi connectivity index (χ1) is 16.0. The Morgan fingerprint density at radius 2 is 1.76 bits per heavy atom. The smallest absolute Gasteiger partial charge is 0.137 e. The van der Waals surface area contributed by atoms with E-state index in [1.807, 2.05) is 16.8 Å². The zero-order chi connectivity index (χ0) is 22.9. The summed E-state index contributed by atoms with van der Waals surface area (Å²) in [7, 11) is 2.16. The number of aromatic nitrogens is 2. The number of rotatable bonds is 7. The van der Waals surface area contributed by atoms with Gasteiger partial charge in [-0.05, 0) is 68.8 Å². The van der Waals surface area contributed by atoms with E-state index in [0.29, 0.717) is 11.8 Å². The molecule has 2 heterocycles. The topological polar surface area (TPSA) is 47.8 Å². The standard InChI is InChI=1S/C26H32FN5O/c1-19-25(18-31(22-10-11-22)17-20-4-3-5-24(33)16-20)26(30-14-12-29(2)13-15-30)32(28-19)23-8-6-21(27)7-9-23/h3-9,16,22,33H,10-15,17-18H2,1-2H3. The molecule has 1 saturated heterocycles. The van der Waals surface area contributed by atoms with Gasteiger partial charge in [0.25, 0.3) is 0 Å². The van der Waals surface area contributed by atoms with E-state index < -0.39 is 0 Å². The number of piperazine rings is 1. The fourth-order valence-electron chi connectivity index (χ4n) is 4.68. The number of hydrogen-bond acceptors (Lipinski definition) is 5. The number of aryl methyl sites for hydroxylation is 1. The van der Waals surface area contributed by atoms with Crippen molar-refractivity contribution in [2.45, 2.75) is 38.9 Å². The third-order valence-electron chi connectivity index (χ3n) is 6.75. The maximum atomic E-state index is 13.6. The molecule has 1 N–H and O–H groups in total. The molecule has 0 atom stereocenters. The number of halogens is 1. The monoisotopic (exact) mass is 449 g/mol. The first-order valence-electron chi connectivity index (χ1n) is 11.8. The summed E-state index contributed by atoms with van der Waals surface area (Å²) >= 11 is 0. The fraction of sp³-hybridized carbons (Fsp3) is 0.423. The summed E-state index contributed by atoms with van der Waals surface area (Å²) in [5.41, 5.74) is 4.24. The van der Waals surface area contributed by atoms with Crippen molar-refractivity contribution >= 4 is 5.82 Å². The molecule has 1 aliphatic heterocycles. The molecular formula is C26H32FN5O. The van der Waals surface area contributed by atoms with Gasteiger partial charge in [-0.3, -0.25) is 4.90 Å². The van der Waals surface area contributed by atoms with Gasteiger partial charge in [0, 0.05) is 50.9 Å². The Labute approximate surface area is 194 Å². The predicted octanol–water partition coefficient (Wildman–Crippen LogP) is 3.94. The second-order valence-corrected chi connectivity index (χ2v) is 9.37. The third-order valence-corrected chi connectivity index (χ3v) is 6.75. The van der Waals surface area contributed by atoms with Gasteiger partial charge < -0.3 is 14.9 Å². The van der Waals surface area contributed by atoms with E-state index in [-0.39, 0.29) is 5.82 Å². The normalized spacial score (nSPS) is 17.2. The van der Waals surface area contributed by atoms with Crippen molar-refractivity contribution in [2.75, 3.05) is 38.1 Å². The summed E-state index contributed by atoms with van der Waals surface area (Å²) in [5, 5.41) is 14.9. The van der Waals surface area contributed by atoms with Gasteiger partial charge in [-0.25, -0.2) is 9.07 Å². The molecule has 174 valence electrons. The summed E-state index contributed by atoms with van der Waals surface area (Å²) in [6, 6.07) is 14.7. The maximum Gasteiger partial charge on any atom is 0.137 e. The third kappa shape index (κ3) is 4.89. The Kier molecular flexibility index (Phi) is 6.08. The first kappa shape index (κ1) is 21.9. The molecule has 3 aromatic rings. The van der Waals surface area contributed by atoms with Crippen LogP contribution in [0.4, 0.5) is 10.2 Å². The molecule has 33 heavy (non-hydrogen) atoms. The molecule has 1 aromatic heterocycles. The highest BCUT2D eigenvalue weighted by Gasteiger charge is 2.32. The molecule has 6 nitrogen and oxygen atoms in total. The minimum Gasteiger partial charge on any atom is -0.508 e. The highest BCUT2D eigenvalue weighted by atomic mass is 19.1. The van der Waals surface area contributed by atoms with Gasteiger partial charge in [0.05, 0.1) is 11.4 Å². The molecule has 0 amide bonds. The molecule has 2 fully saturated rings. The van der Waals surface area contributed by atoms with Crippen molar-refractivity contribution in [1.29, 1.82) is 0 Å². The summed E-state index contributed by atoms with van der Waals surface area (Å²) < 4.78 is 15.6. The number of hydrogen-bond donors (Lipinski definition) is 1. The summed E-state index contributed by atoms with van der Waals surface area (Å²) in [5.74, 6) is 1.19. The van der Waals surface area contributed by atoms with Crippen molar-refractivity contribution < 1.29 is 9.50 Å². The van der Waals surface area contributed by atoms with Crippen molar-refractivity contribution in [3.05, 3.63) is 71.2 Å². The van der Waals surface area contributed by atoms with Crippen LogP contribution in [0, 0.1) is 12.7 Å². The van der Waals surface area contributed by atoms with E-state index in [2.05, 4.69) is 34.7 Å². The van der Waals surface area contributed by atoms with Gasteiger partial charge >= 0.3 is 0 Å². The zero-order valence-electron chi connectivity index (χ0n) is 19.4. The summed E-state index contributed by atoms with van der Waals surface area (Å²) in [4.78, 5) is 7.28. The average molecular weight is 450 g/mol. The molecule has 2 aliphatic rings. The lowest BCUT2D eigenvalue weighted by Gasteiger charge is -2.35. The number of phenols is 1. The van der Waals surface area contributed by atoms with Gasteiger partial charge in [0.1, 0.15) is 17.4 Å². The van der Waals surface area contributed by atoms with E-state index in [9.17, 15) is 9.50 Å². The summed E-state index contributed by atoms with van der Waals surface area (Å²) in [6.07, 6.45) is 2.40. The Hall–Kier alpha value is -2.90. The molecule has 0 unspecified atom stereocenters. The largest absolute Gasteiger partial charge is 0.508 e. The molecular weight excluding hydrogens is 417 g/mol. The lowest BCUT2D eigenvalue weighted by atomic mass is 10.1. The van der Waals surface area contributed by atoms with Gasteiger partial charge in [-0.15, -0.1) is 0 Å². The minimum absolute atomic E-state index is 0.241. The van der Waals surface area contributed by atoms with Crippen molar-refractivity contribution in [3.8, 4) is 11.4 Å². The molecule has 7 heteroatoms. The lowest BCUT2D eigenvalue weighted by molar-refractivity contribution is 0.244. The first-order valence-corrected chi connectivity index (χ1v) is 11.8. The second-order valence-electron chi connectivity index (χ2n) is 9.37. The highest BCUT2D eigenvalue weighted by Crippen LogP contribution is 2.35. The van der Waals surface area contributed by atoms with Crippen molar-refractivity contribution in [1.82, 2.24) is 19.6 Å². The number of likely N-dealkylation sites (N-methyl/N-ethyl adjacent to an activating group) is 1. The number of aromatic hydroxyl groups is 1. The lowest BCUT2D eigenvalue weighted by Crippen LogP contribution is -2.45. The van der Waals surface area contributed by atoms with E-state index in [1.165, 1.54) is 30.5 Å². The Balaban J connectivity index is 1.50. The SMILES string of the molecule is Cc1nn(-c2ccc(F)cc2)c(N2CCN(C)CC2)c1CN(Cc1cccc(O)c1)C1CC1. The van der Waals surface area contributed by atoms with Crippen LogP contribution in [-0.4, -0.2) is 64.0 Å². The fourth-order valence-corrected chi connectivity index (χ4v) is 4.68. The minimum atomic E-state index is -0.241. The summed E-state index contributed by atoms with van der Waals surface area (Å²) in [6.45, 7) is 7.55. The number of anilines is 1.